The van der Waals surface area contributed by atoms with Crippen LogP contribution < -0.4 is 10.2 Å². The largest absolute Gasteiger partial charge is 0.463 e. The Balaban J connectivity index is 1.68. The molecule has 126 valence electrons. The Bertz CT molecular complexity index is 815. The van der Waals surface area contributed by atoms with Crippen LogP contribution in [0.3, 0.4) is 0 Å². The van der Waals surface area contributed by atoms with Crippen molar-refractivity contribution in [2.75, 3.05) is 11.9 Å². The summed E-state index contributed by atoms with van der Waals surface area (Å²) < 4.78 is 5.43. The van der Waals surface area contributed by atoms with E-state index >= 15 is 0 Å². The van der Waals surface area contributed by atoms with Gasteiger partial charge in [0, 0.05) is 0 Å². The molecule has 0 aliphatic rings. The van der Waals surface area contributed by atoms with Crippen molar-refractivity contribution >= 4 is 22.9 Å². The first-order valence-corrected chi connectivity index (χ1v) is 8.80. The smallest absolute Gasteiger partial charge is 0.279 e. The van der Waals surface area contributed by atoms with Gasteiger partial charge >= 0.3 is 0 Å². The number of carbonyl (C=O) groups excluding carboxylic acids is 1. The highest BCUT2D eigenvalue weighted by atomic mass is 32.1. The molecule has 0 bridgehead atoms. The van der Waals surface area contributed by atoms with Crippen LogP contribution in [0.2, 0.25) is 0 Å². The van der Waals surface area contributed by atoms with Crippen molar-refractivity contribution < 1.29 is 14.1 Å². The van der Waals surface area contributed by atoms with Gasteiger partial charge in [0.1, 0.15) is 19.2 Å². The molecule has 3 rings (SSSR count). The van der Waals surface area contributed by atoms with Crippen molar-refractivity contribution in [3.8, 4) is 6.07 Å². The summed E-state index contributed by atoms with van der Waals surface area (Å²) in [6.07, 6.45) is 1.64. The SMILES string of the molecule is N#Cc1ccccc1NC(=O)C[NH+](Cc1ccco1)Cc1cccs1. The number of thiophene rings is 1. The van der Waals surface area contributed by atoms with Gasteiger partial charge in [-0.3, -0.25) is 4.79 Å². The zero-order chi connectivity index (χ0) is 17.5. The maximum Gasteiger partial charge on any atom is 0.279 e. The third-order valence-electron chi connectivity index (χ3n) is 3.74. The van der Waals surface area contributed by atoms with E-state index in [0.29, 0.717) is 24.3 Å². The van der Waals surface area contributed by atoms with Crippen molar-refractivity contribution in [3.05, 3.63) is 76.4 Å². The zero-order valence-corrected chi connectivity index (χ0v) is 14.4. The summed E-state index contributed by atoms with van der Waals surface area (Å²) in [5.74, 6) is 0.720. The van der Waals surface area contributed by atoms with E-state index in [9.17, 15) is 4.79 Å². The lowest BCUT2D eigenvalue weighted by atomic mass is 10.2. The van der Waals surface area contributed by atoms with Gasteiger partial charge in [0.25, 0.3) is 5.91 Å². The molecule has 0 aliphatic heterocycles. The van der Waals surface area contributed by atoms with E-state index in [2.05, 4.69) is 17.5 Å². The lowest BCUT2D eigenvalue weighted by molar-refractivity contribution is -0.920. The number of nitrogens with one attached hydrogen (secondary N) is 2. The molecular formula is C19H18N3O2S+. The van der Waals surface area contributed by atoms with Crippen molar-refractivity contribution in [2.45, 2.75) is 13.1 Å². The predicted molar refractivity (Wildman–Crippen MR) is 96.1 cm³/mol. The quantitative estimate of drug-likeness (QED) is 0.686. The molecule has 2 aromatic heterocycles. The predicted octanol–water partition coefficient (Wildman–Crippen LogP) is 2.44. The van der Waals surface area contributed by atoms with Gasteiger partial charge in [-0.25, -0.2) is 0 Å². The first kappa shape index (κ1) is 17.0. The topological polar surface area (TPSA) is 70.5 Å². The first-order chi connectivity index (χ1) is 12.2. The van der Waals surface area contributed by atoms with E-state index in [0.717, 1.165) is 17.2 Å². The molecule has 0 fully saturated rings. The lowest BCUT2D eigenvalue weighted by Crippen LogP contribution is -3.10. The Morgan fingerprint density at radius 3 is 2.76 bits per heavy atom. The van der Waals surface area contributed by atoms with Crippen molar-refractivity contribution in [3.63, 3.8) is 0 Å². The van der Waals surface area contributed by atoms with Crippen LogP contribution in [-0.2, 0) is 17.9 Å². The minimum Gasteiger partial charge on any atom is -0.463 e. The van der Waals surface area contributed by atoms with Gasteiger partial charge in [0.2, 0.25) is 0 Å². The number of hydrogen-bond acceptors (Lipinski definition) is 4. The summed E-state index contributed by atoms with van der Waals surface area (Å²) in [5.41, 5.74) is 1.00. The second-order valence-corrected chi connectivity index (χ2v) is 6.68. The molecule has 5 nitrogen and oxygen atoms in total. The third-order valence-corrected chi connectivity index (χ3v) is 4.62. The minimum absolute atomic E-state index is 0.124. The summed E-state index contributed by atoms with van der Waals surface area (Å²) in [5, 5.41) is 14.0. The average molecular weight is 352 g/mol. The highest BCUT2D eigenvalue weighted by Gasteiger charge is 2.18. The summed E-state index contributed by atoms with van der Waals surface area (Å²) in [4.78, 5) is 14.8. The Morgan fingerprint density at radius 1 is 1.16 bits per heavy atom. The highest BCUT2D eigenvalue weighted by Crippen LogP contribution is 2.13. The van der Waals surface area contributed by atoms with E-state index in [-0.39, 0.29) is 5.91 Å². The molecule has 0 radical (unpaired) electrons. The minimum atomic E-state index is -0.124. The van der Waals surface area contributed by atoms with E-state index in [1.54, 1.807) is 41.9 Å². The molecule has 2 N–H and O–H groups in total. The van der Waals surface area contributed by atoms with Gasteiger partial charge in [-0.05, 0) is 35.7 Å². The van der Waals surface area contributed by atoms with E-state index in [1.165, 1.54) is 4.88 Å². The highest BCUT2D eigenvalue weighted by molar-refractivity contribution is 7.09. The Kier molecular flexibility index (Phi) is 5.62. The second kappa shape index (κ2) is 8.29. The number of quaternary nitrogens is 1. The number of amides is 1. The first-order valence-electron chi connectivity index (χ1n) is 7.92. The molecule has 6 heteroatoms. The average Bonchev–Trinajstić information content (AvgIpc) is 3.29. The maximum atomic E-state index is 12.5. The van der Waals surface area contributed by atoms with Crippen LogP contribution in [0, 0.1) is 11.3 Å². The summed E-state index contributed by atoms with van der Waals surface area (Å²) in [6.45, 7) is 1.66. The molecule has 3 aromatic rings. The number of para-hydroxylation sites is 1. The summed E-state index contributed by atoms with van der Waals surface area (Å²) >= 11 is 1.67. The number of nitriles is 1. The Hall–Kier alpha value is -2.88. The molecule has 2 heterocycles. The lowest BCUT2D eigenvalue weighted by Gasteiger charge is -2.17. The molecule has 0 spiro atoms. The summed E-state index contributed by atoms with van der Waals surface area (Å²) in [6, 6.07) is 16.9. The number of furan rings is 1. The van der Waals surface area contributed by atoms with Crippen molar-refractivity contribution in [1.29, 1.82) is 5.26 Å². The van der Waals surface area contributed by atoms with Gasteiger partial charge in [0.15, 0.2) is 12.3 Å². The van der Waals surface area contributed by atoms with Crippen LogP contribution in [-0.4, -0.2) is 12.5 Å². The van der Waals surface area contributed by atoms with Crippen LogP contribution in [0.15, 0.2) is 64.6 Å². The van der Waals surface area contributed by atoms with Gasteiger partial charge < -0.3 is 14.6 Å². The monoisotopic (exact) mass is 352 g/mol. The molecule has 1 aromatic carbocycles. The van der Waals surface area contributed by atoms with Crippen LogP contribution in [0.4, 0.5) is 5.69 Å². The Morgan fingerprint density at radius 2 is 2.04 bits per heavy atom. The number of rotatable bonds is 7. The maximum absolute atomic E-state index is 12.5. The second-order valence-electron chi connectivity index (χ2n) is 5.64. The molecule has 0 saturated heterocycles. The van der Waals surface area contributed by atoms with Gasteiger partial charge in [-0.15, -0.1) is 11.3 Å². The molecule has 0 saturated carbocycles. The molecular weight excluding hydrogens is 334 g/mol. The van der Waals surface area contributed by atoms with Gasteiger partial charge in [-0.2, -0.15) is 5.26 Å². The number of hydrogen-bond donors (Lipinski definition) is 2. The normalized spacial score (nSPS) is 11.6. The number of nitrogens with zero attached hydrogens (tertiary/aromatic N) is 1. The molecule has 1 unspecified atom stereocenters. The standard InChI is InChI=1S/C19H17N3O2S/c20-11-15-5-1-2-8-18(15)21-19(23)14-22(12-16-6-3-9-24-16)13-17-7-4-10-25-17/h1-10H,12-14H2,(H,21,23)/p+1. The van der Waals surface area contributed by atoms with Crippen LogP contribution in [0.25, 0.3) is 0 Å². The van der Waals surface area contributed by atoms with Crippen molar-refractivity contribution in [1.82, 2.24) is 0 Å². The fourth-order valence-electron chi connectivity index (χ4n) is 2.62. The zero-order valence-electron chi connectivity index (χ0n) is 13.6. The number of carbonyl (C=O) groups is 1. The van der Waals surface area contributed by atoms with Crippen LogP contribution in [0.5, 0.6) is 0 Å². The number of anilines is 1. The fourth-order valence-corrected chi connectivity index (χ4v) is 3.39. The molecule has 0 aliphatic carbocycles. The summed E-state index contributed by atoms with van der Waals surface area (Å²) in [7, 11) is 0. The van der Waals surface area contributed by atoms with Crippen LogP contribution in [0.1, 0.15) is 16.2 Å². The van der Waals surface area contributed by atoms with Gasteiger partial charge in [0.05, 0.1) is 22.4 Å². The van der Waals surface area contributed by atoms with E-state index < -0.39 is 0 Å². The Labute approximate surface area is 150 Å². The fraction of sp³-hybridized carbons (Fsp3) is 0.158. The molecule has 1 amide bonds. The van der Waals surface area contributed by atoms with E-state index in [1.807, 2.05) is 23.6 Å². The van der Waals surface area contributed by atoms with Crippen molar-refractivity contribution in [2.24, 2.45) is 0 Å². The van der Waals surface area contributed by atoms with Gasteiger partial charge in [-0.1, -0.05) is 18.2 Å². The molecule has 25 heavy (non-hydrogen) atoms. The van der Waals surface area contributed by atoms with E-state index in [4.69, 9.17) is 9.68 Å². The van der Waals surface area contributed by atoms with Crippen LogP contribution >= 0.6 is 11.3 Å². The number of benzene rings is 1. The molecule has 1 atom stereocenters. The third kappa shape index (κ3) is 4.80.